The van der Waals surface area contributed by atoms with Crippen LogP contribution >= 0.6 is 63.9 Å². The third-order valence-electron chi connectivity index (χ3n) is 3.65. The molecule has 0 saturated carbocycles. The number of rotatable bonds is 10. The lowest BCUT2D eigenvalue weighted by Crippen LogP contribution is -2.31. The normalized spacial score (nSPS) is 11.3. The molecule has 0 saturated heterocycles. The van der Waals surface area contributed by atoms with E-state index in [-0.39, 0.29) is 30.9 Å². The Kier molecular flexibility index (Phi) is 14.6. The minimum absolute atomic E-state index is 0. The van der Waals surface area contributed by atoms with E-state index < -0.39 is 0 Å². The van der Waals surface area contributed by atoms with Crippen LogP contribution in [0.1, 0.15) is 18.1 Å². The smallest absolute Gasteiger partial charge is 0.124 e. The second-order valence-corrected chi connectivity index (χ2v) is 7.77. The molecule has 0 bridgehead atoms. The minimum atomic E-state index is -0.334. The summed E-state index contributed by atoms with van der Waals surface area (Å²) in [5.41, 5.74) is 1.94. The quantitative estimate of drug-likeness (QED) is 0.365. The van der Waals surface area contributed by atoms with Crippen molar-refractivity contribution in [2.75, 3.05) is 19.6 Å². The maximum Gasteiger partial charge on any atom is 0.124 e. The van der Waals surface area contributed by atoms with Crippen molar-refractivity contribution in [3.8, 4) is 5.75 Å². The van der Waals surface area contributed by atoms with Gasteiger partial charge in [0.25, 0.3) is 0 Å². The predicted molar refractivity (Wildman–Crippen MR) is 126 cm³/mol. The summed E-state index contributed by atoms with van der Waals surface area (Å²) in [7, 11) is 0. The summed E-state index contributed by atoms with van der Waals surface area (Å²) in [5.74, 6) is 0.809. The van der Waals surface area contributed by atoms with Gasteiger partial charge in [0, 0.05) is 51.8 Å². The van der Waals surface area contributed by atoms with Crippen molar-refractivity contribution in [2.24, 2.45) is 0 Å². The first-order valence-electron chi connectivity index (χ1n) is 8.40. The van der Waals surface area contributed by atoms with Crippen LogP contribution in [0.3, 0.4) is 0 Å². The Morgan fingerprint density at radius 2 is 1.75 bits per heavy atom. The molecule has 0 fully saturated rings. The summed E-state index contributed by atoms with van der Waals surface area (Å²) < 4.78 is 6.97. The molecule has 1 unspecified atom stereocenters. The maximum atomic E-state index is 9.22. The molecule has 4 nitrogen and oxygen atoms in total. The number of halogens is 5. The molecule has 9 heteroatoms. The zero-order chi connectivity index (χ0) is 18.9. The van der Waals surface area contributed by atoms with Crippen LogP contribution in [-0.4, -0.2) is 30.8 Å². The average molecular weight is 535 g/mol. The molecule has 2 aromatic rings. The van der Waals surface area contributed by atoms with Gasteiger partial charge in [-0.25, -0.2) is 0 Å². The van der Waals surface area contributed by atoms with E-state index in [9.17, 15) is 5.11 Å². The van der Waals surface area contributed by atoms with Crippen LogP contribution in [0.5, 0.6) is 5.75 Å². The second-order valence-electron chi connectivity index (χ2n) is 6.01. The van der Waals surface area contributed by atoms with E-state index in [1.54, 1.807) is 19.1 Å². The van der Waals surface area contributed by atoms with Gasteiger partial charge in [-0.1, -0.05) is 45.2 Å². The van der Waals surface area contributed by atoms with Crippen LogP contribution in [0.25, 0.3) is 0 Å². The van der Waals surface area contributed by atoms with Crippen molar-refractivity contribution in [1.29, 1.82) is 0 Å². The number of hydrogen-bond donors (Lipinski definition) is 3. The third-order valence-corrected chi connectivity index (χ3v) is 4.73. The van der Waals surface area contributed by atoms with E-state index >= 15 is 0 Å². The molecule has 0 aliphatic rings. The Hall–Kier alpha value is -0.240. The molecule has 0 spiro atoms. The summed E-state index contributed by atoms with van der Waals surface area (Å²) in [4.78, 5) is 0. The Balaban J connectivity index is 0.00000364. The van der Waals surface area contributed by atoms with Crippen molar-refractivity contribution >= 4 is 63.9 Å². The SMILES string of the molecule is CC(O)CNCCNCc1cc(Br)ccc1OCc1ccc(Cl)cc1Cl.Cl.Cl. The van der Waals surface area contributed by atoms with Gasteiger partial charge in [0.15, 0.2) is 0 Å². The van der Waals surface area contributed by atoms with Gasteiger partial charge < -0.3 is 20.5 Å². The lowest BCUT2D eigenvalue weighted by molar-refractivity contribution is 0.191. The van der Waals surface area contributed by atoms with Gasteiger partial charge in [-0.15, -0.1) is 24.8 Å². The van der Waals surface area contributed by atoms with Crippen molar-refractivity contribution in [3.05, 3.63) is 62.0 Å². The van der Waals surface area contributed by atoms with Gasteiger partial charge in [0.05, 0.1) is 6.10 Å². The topological polar surface area (TPSA) is 53.5 Å². The summed E-state index contributed by atoms with van der Waals surface area (Å²) in [6.45, 7) is 4.99. The minimum Gasteiger partial charge on any atom is -0.489 e. The van der Waals surface area contributed by atoms with Crippen molar-refractivity contribution in [3.63, 3.8) is 0 Å². The number of nitrogens with one attached hydrogen (secondary N) is 2. The highest BCUT2D eigenvalue weighted by Crippen LogP contribution is 2.26. The largest absolute Gasteiger partial charge is 0.489 e. The maximum absolute atomic E-state index is 9.22. The molecule has 1 atom stereocenters. The van der Waals surface area contributed by atoms with Gasteiger partial charge in [0.1, 0.15) is 12.4 Å². The van der Waals surface area contributed by atoms with Crippen molar-refractivity contribution < 1.29 is 9.84 Å². The fraction of sp³-hybridized carbons (Fsp3) is 0.368. The van der Waals surface area contributed by atoms with E-state index in [0.717, 1.165) is 34.4 Å². The first-order valence-corrected chi connectivity index (χ1v) is 9.95. The summed E-state index contributed by atoms with van der Waals surface area (Å²) in [5, 5.41) is 17.0. The molecule has 0 aliphatic carbocycles. The zero-order valence-electron chi connectivity index (χ0n) is 15.4. The van der Waals surface area contributed by atoms with Crippen LogP contribution in [-0.2, 0) is 13.2 Å². The van der Waals surface area contributed by atoms with Gasteiger partial charge in [-0.05, 0) is 37.3 Å². The molecule has 0 amide bonds. The van der Waals surface area contributed by atoms with Gasteiger partial charge in [0.2, 0.25) is 0 Å². The molecule has 0 heterocycles. The number of aliphatic hydroxyl groups excluding tert-OH is 1. The Morgan fingerprint density at radius 1 is 1.04 bits per heavy atom. The molecular weight excluding hydrogens is 510 g/mol. The van der Waals surface area contributed by atoms with Crippen molar-refractivity contribution in [2.45, 2.75) is 26.2 Å². The highest BCUT2D eigenvalue weighted by Gasteiger charge is 2.07. The second kappa shape index (κ2) is 14.7. The first-order chi connectivity index (χ1) is 12.5. The van der Waals surface area contributed by atoms with E-state index in [0.29, 0.717) is 29.7 Å². The first kappa shape index (κ1) is 27.8. The molecular formula is C19H25BrCl4N2O2. The molecule has 28 heavy (non-hydrogen) atoms. The third kappa shape index (κ3) is 9.99. The molecule has 2 rings (SSSR count). The lowest BCUT2D eigenvalue weighted by atomic mass is 10.2. The van der Waals surface area contributed by atoms with Crippen molar-refractivity contribution in [1.82, 2.24) is 10.6 Å². The molecule has 3 N–H and O–H groups in total. The van der Waals surface area contributed by atoms with Crippen LogP contribution in [0.4, 0.5) is 0 Å². The van der Waals surface area contributed by atoms with E-state index in [2.05, 4.69) is 26.6 Å². The number of benzene rings is 2. The summed E-state index contributed by atoms with van der Waals surface area (Å²) in [6, 6.07) is 11.3. The zero-order valence-corrected chi connectivity index (χ0v) is 20.1. The highest BCUT2D eigenvalue weighted by atomic mass is 79.9. The summed E-state index contributed by atoms with van der Waals surface area (Å²) >= 11 is 15.6. The van der Waals surface area contributed by atoms with E-state index in [4.69, 9.17) is 27.9 Å². The lowest BCUT2D eigenvalue weighted by Gasteiger charge is -2.14. The van der Waals surface area contributed by atoms with Crippen LogP contribution in [0.2, 0.25) is 10.0 Å². The number of hydrogen-bond acceptors (Lipinski definition) is 4. The van der Waals surface area contributed by atoms with Crippen LogP contribution in [0, 0.1) is 0 Å². The van der Waals surface area contributed by atoms with E-state index in [1.165, 1.54) is 0 Å². The standard InChI is InChI=1S/C19H23BrCl2N2O2.2ClH/c1-13(25)10-23-6-7-24-11-15-8-16(20)3-5-19(15)26-12-14-2-4-17(21)9-18(14)22;;/h2-5,8-9,13,23-25H,6-7,10-12H2,1H3;2*1H. The fourth-order valence-corrected chi connectivity index (χ4v) is 3.20. The Labute approximate surface area is 197 Å². The molecule has 0 aromatic heterocycles. The van der Waals surface area contributed by atoms with Gasteiger partial charge in [-0.3, -0.25) is 0 Å². The number of ether oxygens (including phenoxy) is 1. The van der Waals surface area contributed by atoms with E-state index in [1.807, 2.05) is 24.3 Å². The molecule has 2 aromatic carbocycles. The number of aliphatic hydroxyl groups is 1. The Bertz CT molecular complexity index is 720. The predicted octanol–water partition coefficient (Wildman–Crippen LogP) is 5.24. The monoisotopic (exact) mass is 532 g/mol. The average Bonchev–Trinajstić information content (AvgIpc) is 2.58. The van der Waals surface area contributed by atoms with Gasteiger partial charge >= 0.3 is 0 Å². The summed E-state index contributed by atoms with van der Waals surface area (Å²) in [6.07, 6.45) is -0.334. The fourth-order valence-electron chi connectivity index (χ4n) is 2.33. The Morgan fingerprint density at radius 3 is 2.43 bits per heavy atom. The molecule has 0 aliphatic heterocycles. The van der Waals surface area contributed by atoms with Gasteiger partial charge in [-0.2, -0.15) is 0 Å². The van der Waals surface area contributed by atoms with Crippen LogP contribution < -0.4 is 15.4 Å². The molecule has 0 radical (unpaired) electrons. The van der Waals surface area contributed by atoms with Crippen LogP contribution in [0.15, 0.2) is 40.9 Å². The molecule has 158 valence electrons. The highest BCUT2D eigenvalue weighted by molar-refractivity contribution is 9.10.